The van der Waals surface area contributed by atoms with E-state index in [1.807, 2.05) is 12.1 Å². The Hall–Kier alpha value is -2.82. The van der Waals surface area contributed by atoms with E-state index >= 15 is 0 Å². The molecular formula is C16H14FN3O. The Kier molecular flexibility index (Phi) is 3.10. The van der Waals surface area contributed by atoms with E-state index in [9.17, 15) is 9.18 Å². The lowest BCUT2D eigenvalue weighted by molar-refractivity contribution is 0.102. The molecule has 106 valence electrons. The summed E-state index contributed by atoms with van der Waals surface area (Å²) in [4.78, 5) is 15.2. The van der Waals surface area contributed by atoms with E-state index in [0.717, 1.165) is 10.9 Å². The van der Waals surface area contributed by atoms with Gasteiger partial charge in [-0.05, 0) is 36.8 Å². The van der Waals surface area contributed by atoms with Crippen molar-refractivity contribution in [3.8, 4) is 0 Å². The van der Waals surface area contributed by atoms with Crippen LogP contribution in [-0.2, 0) is 0 Å². The van der Waals surface area contributed by atoms with Gasteiger partial charge < -0.3 is 16.0 Å². The Labute approximate surface area is 120 Å². The van der Waals surface area contributed by atoms with Crippen LogP contribution in [0.4, 0.5) is 15.8 Å². The predicted molar refractivity (Wildman–Crippen MR) is 81.8 cm³/mol. The SMILES string of the molecule is Cc1ccc(NC(=O)c2cc3cccc(N)c3[nH]2)cc1F. The van der Waals surface area contributed by atoms with Gasteiger partial charge in [-0.15, -0.1) is 0 Å². The molecule has 1 aromatic heterocycles. The van der Waals surface area contributed by atoms with Gasteiger partial charge in [0.05, 0.1) is 11.2 Å². The predicted octanol–water partition coefficient (Wildman–Crippen LogP) is 3.45. The molecule has 0 spiro atoms. The lowest BCUT2D eigenvalue weighted by Gasteiger charge is -2.05. The molecule has 0 bridgehead atoms. The summed E-state index contributed by atoms with van der Waals surface area (Å²) in [5.74, 6) is -0.692. The van der Waals surface area contributed by atoms with Crippen LogP contribution >= 0.6 is 0 Å². The van der Waals surface area contributed by atoms with E-state index in [1.165, 1.54) is 6.07 Å². The number of anilines is 2. The first-order valence-electron chi connectivity index (χ1n) is 6.49. The summed E-state index contributed by atoms with van der Waals surface area (Å²) in [7, 11) is 0. The van der Waals surface area contributed by atoms with Gasteiger partial charge >= 0.3 is 0 Å². The van der Waals surface area contributed by atoms with Gasteiger partial charge in [-0.2, -0.15) is 0 Å². The maximum absolute atomic E-state index is 13.5. The van der Waals surface area contributed by atoms with Crippen LogP contribution < -0.4 is 11.1 Å². The highest BCUT2D eigenvalue weighted by Crippen LogP contribution is 2.22. The number of fused-ring (bicyclic) bond motifs is 1. The van der Waals surface area contributed by atoms with Crippen molar-refractivity contribution in [3.05, 3.63) is 59.5 Å². The van der Waals surface area contributed by atoms with Gasteiger partial charge in [0.2, 0.25) is 0 Å². The van der Waals surface area contributed by atoms with E-state index in [2.05, 4.69) is 10.3 Å². The first-order chi connectivity index (χ1) is 10.0. The molecule has 4 nitrogen and oxygen atoms in total. The zero-order chi connectivity index (χ0) is 15.0. The number of aryl methyl sites for hydroxylation is 1. The molecule has 5 heteroatoms. The molecule has 0 saturated carbocycles. The minimum Gasteiger partial charge on any atom is -0.397 e. The Morgan fingerprint density at radius 1 is 1.24 bits per heavy atom. The number of nitrogen functional groups attached to an aromatic ring is 1. The first kappa shape index (κ1) is 13.2. The van der Waals surface area contributed by atoms with Gasteiger partial charge in [-0.1, -0.05) is 18.2 Å². The average molecular weight is 283 g/mol. The number of aromatic amines is 1. The van der Waals surface area contributed by atoms with E-state index < -0.39 is 0 Å². The van der Waals surface area contributed by atoms with E-state index in [-0.39, 0.29) is 11.7 Å². The fourth-order valence-electron chi connectivity index (χ4n) is 2.17. The second kappa shape index (κ2) is 4.94. The number of carbonyl (C=O) groups excluding carboxylic acids is 1. The summed E-state index contributed by atoms with van der Waals surface area (Å²) >= 11 is 0. The first-order valence-corrected chi connectivity index (χ1v) is 6.49. The second-order valence-corrected chi connectivity index (χ2v) is 4.91. The number of H-pyrrole nitrogens is 1. The van der Waals surface area contributed by atoms with Gasteiger partial charge in [0.1, 0.15) is 11.5 Å². The highest BCUT2D eigenvalue weighted by molar-refractivity contribution is 6.07. The van der Waals surface area contributed by atoms with Gasteiger partial charge in [0.25, 0.3) is 5.91 Å². The molecule has 3 aromatic rings. The molecule has 0 aliphatic heterocycles. The molecule has 4 N–H and O–H groups in total. The molecule has 0 saturated heterocycles. The van der Waals surface area contributed by atoms with Crippen LogP contribution in [0.25, 0.3) is 10.9 Å². The quantitative estimate of drug-likeness (QED) is 0.630. The molecule has 3 rings (SSSR count). The number of para-hydroxylation sites is 1. The van der Waals surface area contributed by atoms with Crippen LogP contribution in [0, 0.1) is 12.7 Å². The molecular weight excluding hydrogens is 269 g/mol. The smallest absolute Gasteiger partial charge is 0.272 e. The molecule has 1 amide bonds. The standard InChI is InChI=1S/C16H14FN3O/c1-9-5-6-11(8-12(9)17)19-16(21)14-7-10-3-2-4-13(18)15(10)20-14/h2-8,20H,18H2,1H3,(H,19,21). The van der Waals surface area contributed by atoms with Crippen molar-refractivity contribution in [2.24, 2.45) is 0 Å². The van der Waals surface area contributed by atoms with Crippen molar-refractivity contribution in [1.29, 1.82) is 0 Å². The summed E-state index contributed by atoms with van der Waals surface area (Å²) < 4.78 is 13.5. The monoisotopic (exact) mass is 283 g/mol. The fourth-order valence-corrected chi connectivity index (χ4v) is 2.17. The highest BCUT2D eigenvalue weighted by Gasteiger charge is 2.11. The van der Waals surface area contributed by atoms with Crippen LogP contribution in [0.15, 0.2) is 42.5 Å². The highest BCUT2D eigenvalue weighted by atomic mass is 19.1. The number of halogens is 1. The van der Waals surface area contributed by atoms with Crippen molar-refractivity contribution < 1.29 is 9.18 Å². The lowest BCUT2D eigenvalue weighted by Crippen LogP contribution is -2.12. The minimum absolute atomic E-state index is 0.339. The number of aromatic nitrogens is 1. The van der Waals surface area contributed by atoms with Crippen LogP contribution in [0.3, 0.4) is 0 Å². The van der Waals surface area contributed by atoms with E-state index in [1.54, 1.807) is 31.2 Å². The van der Waals surface area contributed by atoms with Crippen molar-refractivity contribution >= 4 is 28.2 Å². The normalized spacial score (nSPS) is 10.8. The summed E-state index contributed by atoms with van der Waals surface area (Å²) in [6, 6.07) is 11.7. The van der Waals surface area contributed by atoms with Crippen molar-refractivity contribution in [1.82, 2.24) is 4.98 Å². The zero-order valence-corrected chi connectivity index (χ0v) is 11.4. The molecule has 0 aliphatic rings. The molecule has 0 aliphatic carbocycles. The number of carbonyl (C=O) groups is 1. The lowest BCUT2D eigenvalue weighted by atomic mass is 10.2. The summed E-state index contributed by atoms with van der Waals surface area (Å²) in [6.07, 6.45) is 0. The molecule has 0 atom stereocenters. The van der Waals surface area contributed by atoms with Crippen LogP contribution in [0.5, 0.6) is 0 Å². The molecule has 21 heavy (non-hydrogen) atoms. The number of amides is 1. The summed E-state index contributed by atoms with van der Waals surface area (Å²) in [6.45, 7) is 1.67. The van der Waals surface area contributed by atoms with Crippen molar-refractivity contribution in [2.75, 3.05) is 11.1 Å². The summed E-state index contributed by atoms with van der Waals surface area (Å²) in [5.41, 5.74) is 8.47. The zero-order valence-electron chi connectivity index (χ0n) is 11.4. The average Bonchev–Trinajstić information content (AvgIpc) is 2.89. The molecule has 1 heterocycles. The molecule has 0 fully saturated rings. The topological polar surface area (TPSA) is 70.9 Å². The van der Waals surface area contributed by atoms with Gasteiger partial charge in [-0.25, -0.2) is 4.39 Å². The second-order valence-electron chi connectivity index (χ2n) is 4.91. The molecule has 2 aromatic carbocycles. The minimum atomic E-state index is -0.353. The third-order valence-corrected chi connectivity index (χ3v) is 3.36. The van der Waals surface area contributed by atoms with Crippen molar-refractivity contribution in [3.63, 3.8) is 0 Å². The van der Waals surface area contributed by atoms with Crippen LogP contribution in [-0.4, -0.2) is 10.9 Å². The maximum atomic E-state index is 13.5. The number of hydrogen-bond donors (Lipinski definition) is 3. The number of nitrogens with two attached hydrogens (primary N) is 1. The van der Waals surface area contributed by atoms with E-state index in [0.29, 0.717) is 22.6 Å². The van der Waals surface area contributed by atoms with Gasteiger partial charge in [-0.3, -0.25) is 4.79 Å². The third-order valence-electron chi connectivity index (χ3n) is 3.36. The Morgan fingerprint density at radius 2 is 2.05 bits per heavy atom. The number of hydrogen-bond acceptors (Lipinski definition) is 2. The summed E-state index contributed by atoms with van der Waals surface area (Å²) in [5, 5.41) is 3.51. The number of benzene rings is 2. The van der Waals surface area contributed by atoms with Crippen LogP contribution in [0.1, 0.15) is 16.1 Å². The van der Waals surface area contributed by atoms with Crippen LogP contribution in [0.2, 0.25) is 0 Å². The fraction of sp³-hybridized carbons (Fsp3) is 0.0625. The molecule has 0 unspecified atom stereocenters. The Bertz CT molecular complexity index is 839. The Morgan fingerprint density at radius 3 is 2.76 bits per heavy atom. The van der Waals surface area contributed by atoms with E-state index in [4.69, 9.17) is 5.73 Å². The van der Waals surface area contributed by atoms with Gasteiger partial charge in [0.15, 0.2) is 0 Å². The number of rotatable bonds is 2. The largest absolute Gasteiger partial charge is 0.397 e. The molecule has 0 radical (unpaired) electrons. The third kappa shape index (κ3) is 2.45. The van der Waals surface area contributed by atoms with Gasteiger partial charge in [0, 0.05) is 11.1 Å². The Balaban J connectivity index is 1.90. The van der Waals surface area contributed by atoms with Crippen molar-refractivity contribution in [2.45, 2.75) is 6.92 Å². The maximum Gasteiger partial charge on any atom is 0.272 e. The number of nitrogens with one attached hydrogen (secondary N) is 2.